The fraction of sp³-hybridized carbons (Fsp3) is 0.200. The molecule has 0 saturated carbocycles. The number of benzene rings is 1. The highest BCUT2D eigenvalue weighted by atomic mass is 35.5. The van der Waals surface area contributed by atoms with Gasteiger partial charge in [0.2, 0.25) is 19.3 Å². The van der Waals surface area contributed by atoms with E-state index in [-0.39, 0.29) is 15.0 Å². The molecule has 0 fully saturated rings. The van der Waals surface area contributed by atoms with Crippen LogP contribution in [-0.2, 0) is 14.6 Å². The van der Waals surface area contributed by atoms with Crippen LogP contribution in [0.15, 0.2) is 34.2 Å². The number of carbonyl (C=O) groups excluding carboxylic acids is 1. The van der Waals surface area contributed by atoms with E-state index in [1.807, 2.05) is 55.7 Å². The van der Waals surface area contributed by atoms with Crippen LogP contribution in [0.25, 0.3) is 11.8 Å². The average molecular weight is 476 g/mol. The van der Waals surface area contributed by atoms with Crippen molar-refractivity contribution in [1.29, 1.82) is 5.26 Å². The summed E-state index contributed by atoms with van der Waals surface area (Å²) in [6, 6.07) is 9.37. The van der Waals surface area contributed by atoms with Crippen molar-refractivity contribution < 1.29 is 13.2 Å². The monoisotopic (exact) mass is 475 g/mol. The summed E-state index contributed by atoms with van der Waals surface area (Å²) in [5, 5.41) is 19.7. The number of amides is 1. The molecule has 0 spiro atoms. The van der Waals surface area contributed by atoms with Gasteiger partial charge in [-0.3, -0.25) is 10.1 Å². The molecule has 0 bridgehead atoms. The second-order valence-corrected chi connectivity index (χ2v) is 10.4. The Morgan fingerprint density at radius 3 is 2.61 bits per heavy atom. The first-order valence-electron chi connectivity index (χ1n) is 8.94. The Morgan fingerprint density at radius 2 is 2.00 bits per heavy atom. The molecule has 1 amide bonds. The lowest BCUT2D eigenvalue weighted by atomic mass is 10.1. The topological polar surface area (TPSA) is 118 Å². The Bertz CT molecular complexity index is 1360. The van der Waals surface area contributed by atoms with Gasteiger partial charge in [-0.25, -0.2) is 8.42 Å². The maximum atomic E-state index is 12.5. The van der Waals surface area contributed by atoms with E-state index in [1.54, 1.807) is 0 Å². The molecule has 0 saturated heterocycles. The molecule has 0 atom stereocenters. The van der Waals surface area contributed by atoms with Crippen molar-refractivity contribution in [2.75, 3.05) is 11.6 Å². The Hall–Kier alpha value is -3.00. The van der Waals surface area contributed by atoms with Crippen LogP contribution >= 0.6 is 22.9 Å². The number of carbonyl (C=O) groups is 1. The highest BCUT2D eigenvalue weighted by Gasteiger charge is 2.19. The zero-order valence-electron chi connectivity index (χ0n) is 17.1. The second-order valence-electron chi connectivity index (χ2n) is 6.82. The van der Waals surface area contributed by atoms with Crippen molar-refractivity contribution in [3.8, 4) is 11.8 Å². The summed E-state index contributed by atoms with van der Waals surface area (Å²) in [7, 11) is -3.53. The van der Waals surface area contributed by atoms with Crippen LogP contribution in [-0.4, -0.2) is 35.3 Å². The number of nitrogens with one attached hydrogen (secondary N) is 1. The normalized spacial score (nSPS) is 11.9. The number of aromatic nitrogens is 3. The van der Waals surface area contributed by atoms with E-state index >= 15 is 0 Å². The summed E-state index contributed by atoms with van der Waals surface area (Å²) in [6.45, 7) is 5.73. The summed E-state index contributed by atoms with van der Waals surface area (Å²) in [5.74, 6) is -0.706. The highest BCUT2D eigenvalue weighted by Crippen LogP contribution is 2.28. The molecule has 2 aromatic heterocycles. The highest BCUT2D eigenvalue weighted by molar-refractivity contribution is 7.92. The predicted octanol–water partition coefficient (Wildman–Crippen LogP) is 3.86. The Kier molecular flexibility index (Phi) is 6.31. The minimum absolute atomic E-state index is 0.00778. The molecule has 2 heterocycles. The SMILES string of the molecule is Cc1c(Cl)cccc1-n1c(C)cc(C=C(C#N)C(=O)Nc2nnc(S(C)(=O)=O)s2)c1C. The fourth-order valence-electron chi connectivity index (χ4n) is 3.02. The maximum absolute atomic E-state index is 12.5. The molecule has 0 unspecified atom stereocenters. The van der Waals surface area contributed by atoms with E-state index in [2.05, 4.69) is 15.5 Å². The predicted molar refractivity (Wildman–Crippen MR) is 120 cm³/mol. The molecule has 3 rings (SSSR count). The largest absolute Gasteiger partial charge is 0.318 e. The van der Waals surface area contributed by atoms with Gasteiger partial charge in [-0.15, -0.1) is 10.2 Å². The summed E-state index contributed by atoms with van der Waals surface area (Å²) >= 11 is 6.98. The van der Waals surface area contributed by atoms with Crippen LogP contribution < -0.4 is 5.32 Å². The first kappa shape index (κ1) is 22.7. The first-order valence-corrected chi connectivity index (χ1v) is 12.0. The molecule has 1 aromatic carbocycles. The molecule has 0 aliphatic carbocycles. The zero-order chi connectivity index (χ0) is 22.9. The molecule has 160 valence electrons. The minimum atomic E-state index is -3.53. The molecule has 31 heavy (non-hydrogen) atoms. The van der Waals surface area contributed by atoms with Crippen LogP contribution in [0, 0.1) is 32.1 Å². The molecule has 8 nitrogen and oxygen atoms in total. The number of sulfone groups is 1. The van der Waals surface area contributed by atoms with Gasteiger partial charge in [0.1, 0.15) is 11.6 Å². The van der Waals surface area contributed by atoms with Crippen LogP contribution in [0.1, 0.15) is 22.5 Å². The standard InChI is InChI=1S/C20H18ClN5O3S2/c1-11-8-14(13(3)26(11)17-7-5-6-16(21)12(17)2)9-15(10-22)18(27)23-19-24-25-20(30-19)31(4,28)29/h5-9H,1-4H3,(H,23,24,27). The molecular weight excluding hydrogens is 458 g/mol. The summed E-state index contributed by atoms with van der Waals surface area (Å²) in [4.78, 5) is 12.5. The van der Waals surface area contributed by atoms with E-state index in [0.717, 1.165) is 28.9 Å². The summed E-state index contributed by atoms with van der Waals surface area (Å²) in [6.07, 6.45) is 2.48. The number of halogens is 1. The van der Waals surface area contributed by atoms with Gasteiger partial charge in [-0.05, 0) is 56.2 Å². The van der Waals surface area contributed by atoms with Crippen LogP contribution in [0.3, 0.4) is 0 Å². The van der Waals surface area contributed by atoms with Gasteiger partial charge in [0.05, 0.1) is 0 Å². The molecule has 0 aliphatic heterocycles. The lowest BCUT2D eigenvalue weighted by molar-refractivity contribution is -0.112. The van der Waals surface area contributed by atoms with Crippen LogP contribution in [0.4, 0.5) is 5.13 Å². The summed E-state index contributed by atoms with van der Waals surface area (Å²) in [5.41, 5.74) is 4.11. The summed E-state index contributed by atoms with van der Waals surface area (Å²) < 4.78 is 24.8. The molecular formula is C20H18ClN5O3S2. The second kappa shape index (κ2) is 8.63. The third kappa shape index (κ3) is 4.69. The van der Waals surface area contributed by atoms with Crippen molar-refractivity contribution in [1.82, 2.24) is 14.8 Å². The van der Waals surface area contributed by atoms with E-state index in [0.29, 0.717) is 21.9 Å². The number of rotatable bonds is 5. The average Bonchev–Trinajstić information content (AvgIpc) is 3.27. The maximum Gasteiger partial charge on any atom is 0.268 e. The number of hydrogen-bond acceptors (Lipinski definition) is 7. The van der Waals surface area contributed by atoms with E-state index < -0.39 is 15.7 Å². The number of anilines is 1. The Labute approximate surface area is 188 Å². The molecule has 0 radical (unpaired) electrons. The van der Waals surface area contributed by atoms with E-state index in [9.17, 15) is 18.5 Å². The van der Waals surface area contributed by atoms with Gasteiger partial charge in [0, 0.05) is 28.4 Å². The number of hydrogen-bond donors (Lipinski definition) is 1. The van der Waals surface area contributed by atoms with Gasteiger partial charge in [0.15, 0.2) is 0 Å². The number of nitriles is 1. The van der Waals surface area contributed by atoms with Crippen molar-refractivity contribution in [2.45, 2.75) is 25.1 Å². The Balaban J connectivity index is 1.94. The van der Waals surface area contributed by atoms with Crippen molar-refractivity contribution in [3.63, 3.8) is 0 Å². The molecule has 1 N–H and O–H groups in total. The Morgan fingerprint density at radius 1 is 1.29 bits per heavy atom. The third-order valence-electron chi connectivity index (χ3n) is 4.56. The smallest absolute Gasteiger partial charge is 0.268 e. The van der Waals surface area contributed by atoms with Gasteiger partial charge < -0.3 is 4.57 Å². The van der Waals surface area contributed by atoms with E-state index in [1.165, 1.54) is 6.08 Å². The third-order valence-corrected chi connectivity index (χ3v) is 7.48. The number of nitrogens with zero attached hydrogens (tertiary/aromatic N) is 4. The molecule has 3 aromatic rings. The van der Waals surface area contributed by atoms with E-state index in [4.69, 9.17) is 11.6 Å². The zero-order valence-corrected chi connectivity index (χ0v) is 19.5. The fourth-order valence-corrected chi connectivity index (χ4v) is 4.69. The van der Waals surface area contributed by atoms with Crippen molar-refractivity contribution in [2.24, 2.45) is 0 Å². The van der Waals surface area contributed by atoms with Crippen molar-refractivity contribution >= 4 is 49.9 Å². The van der Waals surface area contributed by atoms with Crippen LogP contribution in [0.2, 0.25) is 5.02 Å². The van der Waals surface area contributed by atoms with Gasteiger partial charge in [-0.2, -0.15) is 5.26 Å². The van der Waals surface area contributed by atoms with Crippen molar-refractivity contribution in [3.05, 3.63) is 57.4 Å². The minimum Gasteiger partial charge on any atom is -0.318 e. The van der Waals surface area contributed by atoms with Gasteiger partial charge in [-0.1, -0.05) is 29.0 Å². The lowest BCUT2D eigenvalue weighted by Gasteiger charge is -2.13. The molecule has 11 heteroatoms. The van der Waals surface area contributed by atoms with Gasteiger partial charge in [0.25, 0.3) is 5.91 Å². The molecule has 0 aliphatic rings. The lowest BCUT2D eigenvalue weighted by Crippen LogP contribution is -2.13. The van der Waals surface area contributed by atoms with Crippen LogP contribution in [0.5, 0.6) is 0 Å². The van der Waals surface area contributed by atoms with Gasteiger partial charge >= 0.3 is 0 Å². The first-order chi connectivity index (χ1) is 14.5. The quantitative estimate of drug-likeness (QED) is 0.340. The number of aryl methyl sites for hydroxylation is 1.